The van der Waals surface area contributed by atoms with Crippen LogP contribution in [0.4, 0.5) is 0 Å². The van der Waals surface area contributed by atoms with Gasteiger partial charge < -0.3 is 19.9 Å². The number of nitrogens with one attached hydrogen (secondary N) is 2. The Kier molecular flexibility index (Phi) is 5.45. The van der Waals surface area contributed by atoms with Crippen LogP contribution in [0.15, 0.2) is 24.3 Å². The van der Waals surface area contributed by atoms with Crippen LogP contribution in [0.5, 0.6) is 0 Å². The number of benzene rings is 1. The van der Waals surface area contributed by atoms with Crippen molar-refractivity contribution in [3.63, 3.8) is 0 Å². The summed E-state index contributed by atoms with van der Waals surface area (Å²) in [5.74, 6) is 1.71. The van der Waals surface area contributed by atoms with E-state index in [1.165, 1.54) is 0 Å². The largest absolute Gasteiger partial charge is 0.384 e. The van der Waals surface area contributed by atoms with Crippen LogP contribution in [0.2, 0.25) is 0 Å². The van der Waals surface area contributed by atoms with Gasteiger partial charge in [0.1, 0.15) is 5.82 Å². The molecular formula is C21H30N4O2. The molecule has 1 atom stereocenters. The lowest BCUT2D eigenvalue weighted by molar-refractivity contribution is -0.130. The van der Waals surface area contributed by atoms with Crippen LogP contribution in [0.1, 0.15) is 31.5 Å². The van der Waals surface area contributed by atoms with E-state index in [0.29, 0.717) is 12.3 Å². The highest BCUT2D eigenvalue weighted by molar-refractivity contribution is 5.77. The maximum atomic E-state index is 12.8. The van der Waals surface area contributed by atoms with Gasteiger partial charge in [-0.1, -0.05) is 12.1 Å². The minimum Gasteiger partial charge on any atom is -0.384 e. The van der Waals surface area contributed by atoms with Gasteiger partial charge in [-0.3, -0.25) is 4.79 Å². The summed E-state index contributed by atoms with van der Waals surface area (Å²) in [5, 5.41) is 3.45. The molecule has 0 aliphatic carbocycles. The molecule has 0 saturated carbocycles. The van der Waals surface area contributed by atoms with Gasteiger partial charge in [0.25, 0.3) is 0 Å². The molecule has 2 fully saturated rings. The van der Waals surface area contributed by atoms with Gasteiger partial charge in [0.05, 0.1) is 17.6 Å². The van der Waals surface area contributed by atoms with Gasteiger partial charge in [0.2, 0.25) is 5.91 Å². The Morgan fingerprint density at radius 2 is 2.15 bits per heavy atom. The molecule has 1 aromatic heterocycles. The molecule has 27 heavy (non-hydrogen) atoms. The molecule has 6 heteroatoms. The topological polar surface area (TPSA) is 70.2 Å². The van der Waals surface area contributed by atoms with Crippen molar-refractivity contribution in [2.75, 3.05) is 39.9 Å². The maximum absolute atomic E-state index is 12.8. The molecule has 2 saturated heterocycles. The number of aryl methyl sites for hydroxylation is 1. The molecular weight excluding hydrogens is 340 g/mol. The number of H-pyrrole nitrogens is 1. The number of ether oxygens (including phenoxy) is 1. The van der Waals surface area contributed by atoms with E-state index in [-0.39, 0.29) is 11.3 Å². The predicted molar refractivity (Wildman–Crippen MR) is 106 cm³/mol. The van der Waals surface area contributed by atoms with Crippen LogP contribution >= 0.6 is 0 Å². The van der Waals surface area contributed by atoms with Crippen LogP contribution < -0.4 is 5.32 Å². The molecule has 146 valence electrons. The lowest BCUT2D eigenvalue weighted by Crippen LogP contribution is -2.43. The lowest BCUT2D eigenvalue weighted by atomic mass is 9.71. The molecule has 4 rings (SSSR count). The van der Waals surface area contributed by atoms with E-state index in [1.807, 2.05) is 24.3 Å². The van der Waals surface area contributed by atoms with Crippen molar-refractivity contribution < 1.29 is 9.53 Å². The molecule has 2 N–H and O–H groups in total. The zero-order chi connectivity index (χ0) is 18.7. The van der Waals surface area contributed by atoms with Gasteiger partial charge in [0, 0.05) is 39.0 Å². The van der Waals surface area contributed by atoms with E-state index in [1.54, 1.807) is 7.11 Å². The maximum Gasteiger partial charge on any atom is 0.222 e. The highest BCUT2D eigenvalue weighted by atomic mass is 16.5. The fourth-order valence-electron chi connectivity index (χ4n) is 4.83. The quantitative estimate of drug-likeness (QED) is 0.819. The SMILES string of the molecule is COCC1CN(C(=O)CCCc2nc3ccccc3[nH]2)CC12CCNCC2. The standard InChI is InChI=1S/C21H30N4O2/c1-27-14-16-13-25(15-21(16)9-11-22-12-10-21)20(26)8-4-7-19-23-17-5-2-3-6-18(17)24-19/h2-3,5-6,16,22H,4,7-15H2,1H3,(H,23,24). The van der Waals surface area contributed by atoms with Crippen LogP contribution in [-0.4, -0.2) is 60.7 Å². The Labute approximate surface area is 160 Å². The molecule has 2 aliphatic heterocycles. The van der Waals surface area contributed by atoms with E-state index >= 15 is 0 Å². The molecule has 3 heterocycles. The zero-order valence-electron chi connectivity index (χ0n) is 16.2. The summed E-state index contributed by atoms with van der Waals surface area (Å²) >= 11 is 0. The van der Waals surface area contributed by atoms with Gasteiger partial charge in [0.15, 0.2) is 0 Å². The average Bonchev–Trinajstić information content (AvgIpc) is 3.24. The number of hydrogen-bond acceptors (Lipinski definition) is 4. The van der Waals surface area contributed by atoms with Crippen molar-refractivity contribution in [1.82, 2.24) is 20.2 Å². The molecule has 1 unspecified atom stereocenters. The van der Waals surface area contributed by atoms with Crippen molar-refractivity contribution in [1.29, 1.82) is 0 Å². The van der Waals surface area contributed by atoms with Gasteiger partial charge in [-0.2, -0.15) is 0 Å². The number of nitrogens with zero attached hydrogens (tertiary/aromatic N) is 2. The second-order valence-electron chi connectivity index (χ2n) is 8.09. The van der Waals surface area contributed by atoms with Crippen LogP contribution in [0.25, 0.3) is 11.0 Å². The highest BCUT2D eigenvalue weighted by Gasteiger charge is 2.47. The van der Waals surface area contributed by atoms with Crippen LogP contribution in [0, 0.1) is 11.3 Å². The molecule has 0 bridgehead atoms. The normalized spacial score (nSPS) is 22.0. The van der Waals surface area contributed by atoms with E-state index in [0.717, 1.165) is 75.3 Å². The first kappa shape index (κ1) is 18.4. The van der Waals surface area contributed by atoms with Gasteiger partial charge >= 0.3 is 0 Å². The fourth-order valence-corrected chi connectivity index (χ4v) is 4.83. The van der Waals surface area contributed by atoms with Crippen LogP contribution in [-0.2, 0) is 16.0 Å². The van der Waals surface area contributed by atoms with Crippen molar-refractivity contribution in [3.8, 4) is 0 Å². The van der Waals surface area contributed by atoms with E-state index in [2.05, 4.69) is 20.2 Å². The third-order valence-electron chi connectivity index (χ3n) is 6.38. The van der Waals surface area contributed by atoms with E-state index in [4.69, 9.17) is 4.74 Å². The fraction of sp³-hybridized carbons (Fsp3) is 0.619. The predicted octanol–water partition coefficient (Wildman–Crippen LogP) is 2.36. The molecule has 1 amide bonds. The summed E-state index contributed by atoms with van der Waals surface area (Å²) in [7, 11) is 1.77. The summed E-state index contributed by atoms with van der Waals surface area (Å²) in [6, 6.07) is 8.06. The monoisotopic (exact) mass is 370 g/mol. The van der Waals surface area contributed by atoms with E-state index < -0.39 is 0 Å². The summed E-state index contributed by atoms with van der Waals surface area (Å²) in [5.41, 5.74) is 2.30. The number of hydrogen-bond donors (Lipinski definition) is 2. The molecule has 0 radical (unpaired) electrons. The lowest BCUT2D eigenvalue weighted by Gasteiger charge is -2.38. The first-order valence-electron chi connectivity index (χ1n) is 10.1. The Hall–Kier alpha value is -1.92. The number of piperidine rings is 1. The third-order valence-corrected chi connectivity index (χ3v) is 6.38. The molecule has 1 aromatic carbocycles. The van der Waals surface area contributed by atoms with E-state index in [9.17, 15) is 4.79 Å². The first-order chi connectivity index (χ1) is 13.2. The zero-order valence-corrected chi connectivity index (χ0v) is 16.2. The second kappa shape index (κ2) is 7.98. The Morgan fingerprint density at radius 1 is 1.33 bits per heavy atom. The van der Waals surface area contributed by atoms with Crippen molar-refractivity contribution >= 4 is 16.9 Å². The Morgan fingerprint density at radius 3 is 2.93 bits per heavy atom. The average molecular weight is 370 g/mol. The number of aromatic amines is 1. The van der Waals surface area contributed by atoms with Crippen LogP contribution in [0.3, 0.4) is 0 Å². The number of likely N-dealkylation sites (tertiary alicyclic amines) is 1. The summed E-state index contributed by atoms with van der Waals surface area (Å²) in [4.78, 5) is 22.9. The number of aromatic nitrogens is 2. The molecule has 2 aromatic rings. The number of carbonyl (C=O) groups excluding carboxylic acids is 1. The first-order valence-corrected chi connectivity index (χ1v) is 10.1. The molecule has 1 spiro atoms. The molecule has 2 aliphatic rings. The number of fused-ring (bicyclic) bond motifs is 1. The minimum atomic E-state index is 0.246. The molecule has 6 nitrogen and oxygen atoms in total. The van der Waals surface area contributed by atoms with Gasteiger partial charge in [-0.15, -0.1) is 0 Å². The number of rotatable bonds is 6. The minimum absolute atomic E-state index is 0.246. The van der Waals surface area contributed by atoms with Gasteiger partial charge in [-0.25, -0.2) is 4.98 Å². The number of methoxy groups -OCH3 is 1. The Balaban J connectivity index is 1.32. The summed E-state index contributed by atoms with van der Waals surface area (Å²) < 4.78 is 5.48. The third kappa shape index (κ3) is 3.87. The highest BCUT2D eigenvalue weighted by Crippen LogP contribution is 2.43. The Bertz CT molecular complexity index is 748. The number of carbonyl (C=O) groups is 1. The summed E-state index contributed by atoms with van der Waals surface area (Å²) in [6.45, 7) is 4.59. The second-order valence-corrected chi connectivity index (χ2v) is 8.09. The number of imidazole rings is 1. The van der Waals surface area contributed by atoms with Gasteiger partial charge in [-0.05, 0) is 49.9 Å². The summed E-state index contributed by atoms with van der Waals surface area (Å²) in [6.07, 6.45) is 4.52. The smallest absolute Gasteiger partial charge is 0.222 e. The van der Waals surface area contributed by atoms with Crippen molar-refractivity contribution in [2.45, 2.75) is 32.1 Å². The van der Waals surface area contributed by atoms with Crippen molar-refractivity contribution in [2.24, 2.45) is 11.3 Å². The van der Waals surface area contributed by atoms with Crippen molar-refractivity contribution in [3.05, 3.63) is 30.1 Å². The number of amides is 1. The number of para-hydroxylation sites is 2.